The van der Waals surface area contributed by atoms with Gasteiger partial charge in [-0.15, -0.1) is 0 Å². The summed E-state index contributed by atoms with van der Waals surface area (Å²) >= 11 is 6.07. The van der Waals surface area contributed by atoms with E-state index in [0.29, 0.717) is 22.9 Å². The first-order valence-electron chi connectivity index (χ1n) is 6.66. The molecule has 0 bridgehead atoms. The van der Waals surface area contributed by atoms with Gasteiger partial charge in [-0.25, -0.2) is 5.43 Å². The zero-order valence-electron chi connectivity index (χ0n) is 11.5. The average Bonchev–Trinajstić information content (AvgIpc) is 2.83. The zero-order valence-corrected chi connectivity index (χ0v) is 12.3. The molecule has 0 saturated carbocycles. The van der Waals surface area contributed by atoms with E-state index in [1.165, 1.54) is 0 Å². The maximum atomic E-state index is 11.4. The molecule has 0 radical (unpaired) electrons. The van der Waals surface area contributed by atoms with Gasteiger partial charge in [0.1, 0.15) is 11.5 Å². The molecule has 2 aromatic carbocycles. The topological polar surface area (TPSA) is 50.4 Å². The number of para-hydroxylation sites is 1. The van der Waals surface area contributed by atoms with Crippen LogP contribution in [0.3, 0.4) is 0 Å². The second-order valence-corrected chi connectivity index (χ2v) is 5.65. The maximum Gasteiger partial charge on any atom is 0.236 e. The van der Waals surface area contributed by atoms with Crippen molar-refractivity contribution in [1.82, 2.24) is 10.9 Å². The van der Waals surface area contributed by atoms with E-state index in [2.05, 4.69) is 10.9 Å². The Morgan fingerprint density at radius 1 is 1.14 bits per heavy atom. The maximum absolute atomic E-state index is 11.4. The van der Waals surface area contributed by atoms with Crippen LogP contribution in [0.25, 0.3) is 0 Å². The van der Waals surface area contributed by atoms with Gasteiger partial charge < -0.3 is 4.74 Å². The Hall–Kier alpha value is -2.04. The summed E-state index contributed by atoms with van der Waals surface area (Å²) in [5, 5.41) is 0.570. The van der Waals surface area contributed by atoms with E-state index in [4.69, 9.17) is 16.3 Å². The summed E-state index contributed by atoms with van der Waals surface area (Å²) in [6.45, 7) is 1.98. The Bertz CT molecular complexity index is 672. The van der Waals surface area contributed by atoms with E-state index in [9.17, 15) is 4.79 Å². The number of carbonyl (C=O) groups excluding carboxylic acids is 1. The van der Waals surface area contributed by atoms with E-state index >= 15 is 0 Å². The number of hydrazine groups is 1. The molecule has 0 aliphatic carbocycles. The highest BCUT2D eigenvalue weighted by atomic mass is 35.5. The van der Waals surface area contributed by atoms with Crippen molar-refractivity contribution in [3.63, 3.8) is 0 Å². The first kappa shape index (κ1) is 13.9. The molecule has 1 atom stereocenters. The third-order valence-electron chi connectivity index (χ3n) is 3.55. The normalized spacial score (nSPS) is 21.1. The Morgan fingerprint density at radius 2 is 1.86 bits per heavy atom. The fraction of sp³-hybridized carbons (Fsp3) is 0.188. The minimum absolute atomic E-state index is 0.00565. The minimum atomic E-state index is -0.389. The number of nitrogens with one attached hydrogen (secondary N) is 2. The number of halogens is 1. The van der Waals surface area contributed by atoms with Gasteiger partial charge in [-0.3, -0.25) is 10.2 Å². The van der Waals surface area contributed by atoms with Crippen LogP contribution in [0, 0.1) is 0 Å². The number of hydrogen-bond donors (Lipinski definition) is 2. The zero-order chi connectivity index (χ0) is 14.9. The van der Waals surface area contributed by atoms with E-state index in [1.54, 1.807) is 6.07 Å². The molecule has 2 N–H and O–H groups in total. The lowest BCUT2D eigenvalue weighted by Crippen LogP contribution is -2.38. The van der Waals surface area contributed by atoms with Crippen LogP contribution in [0.1, 0.15) is 18.9 Å². The van der Waals surface area contributed by atoms with E-state index in [-0.39, 0.29) is 11.4 Å². The van der Waals surface area contributed by atoms with Crippen molar-refractivity contribution in [2.45, 2.75) is 18.9 Å². The number of rotatable bonds is 3. The molecule has 21 heavy (non-hydrogen) atoms. The summed E-state index contributed by atoms with van der Waals surface area (Å²) in [6, 6.07) is 15.0. The Kier molecular flexibility index (Phi) is 3.57. The molecule has 0 aromatic heterocycles. The summed E-state index contributed by atoms with van der Waals surface area (Å²) in [5.41, 5.74) is 6.28. The van der Waals surface area contributed by atoms with Crippen LogP contribution in [0.5, 0.6) is 11.5 Å². The third-order valence-corrected chi connectivity index (χ3v) is 3.86. The molecule has 3 rings (SSSR count). The first-order valence-corrected chi connectivity index (χ1v) is 7.04. The number of benzene rings is 2. The minimum Gasteiger partial charge on any atom is -0.456 e. The smallest absolute Gasteiger partial charge is 0.236 e. The molecule has 5 heteroatoms. The SMILES string of the molecule is CC1(c2ccc(Oc3ccccc3Cl)cc2)CC(=O)NN1. The largest absolute Gasteiger partial charge is 0.456 e. The van der Waals surface area contributed by atoms with Crippen molar-refractivity contribution < 1.29 is 9.53 Å². The molecule has 1 fully saturated rings. The lowest BCUT2D eigenvalue weighted by atomic mass is 9.90. The van der Waals surface area contributed by atoms with Gasteiger partial charge in [0.25, 0.3) is 0 Å². The fourth-order valence-electron chi connectivity index (χ4n) is 2.34. The summed E-state index contributed by atoms with van der Waals surface area (Å²) in [4.78, 5) is 11.4. The molecule has 1 aliphatic heterocycles. The van der Waals surface area contributed by atoms with Crippen LogP contribution < -0.4 is 15.6 Å². The monoisotopic (exact) mass is 302 g/mol. The van der Waals surface area contributed by atoms with Crippen LogP contribution in [0.15, 0.2) is 48.5 Å². The highest BCUT2D eigenvalue weighted by Gasteiger charge is 2.35. The van der Waals surface area contributed by atoms with Gasteiger partial charge >= 0.3 is 0 Å². The molecule has 0 spiro atoms. The average molecular weight is 303 g/mol. The summed E-state index contributed by atoms with van der Waals surface area (Å²) < 4.78 is 5.75. The van der Waals surface area contributed by atoms with Gasteiger partial charge in [0, 0.05) is 0 Å². The van der Waals surface area contributed by atoms with Crippen molar-refractivity contribution in [2.24, 2.45) is 0 Å². The molecule has 1 amide bonds. The summed E-state index contributed by atoms with van der Waals surface area (Å²) in [5.74, 6) is 1.32. The summed E-state index contributed by atoms with van der Waals surface area (Å²) in [7, 11) is 0. The van der Waals surface area contributed by atoms with Crippen LogP contribution in [-0.2, 0) is 10.3 Å². The predicted molar refractivity (Wildman–Crippen MR) is 81.2 cm³/mol. The Balaban J connectivity index is 1.79. The van der Waals surface area contributed by atoms with E-state index < -0.39 is 0 Å². The van der Waals surface area contributed by atoms with Crippen LogP contribution in [0.4, 0.5) is 0 Å². The second-order valence-electron chi connectivity index (χ2n) is 5.24. The molecule has 2 aromatic rings. The number of amides is 1. The van der Waals surface area contributed by atoms with Crippen LogP contribution in [0.2, 0.25) is 5.02 Å². The third kappa shape index (κ3) is 2.86. The van der Waals surface area contributed by atoms with Crippen LogP contribution >= 0.6 is 11.6 Å². The first-order chi connectivity index (χ1) is 10.1. The standard InChI is InChI=1S/C16H15ClN2O2/c1-16(10-15(20)18-19-16)11-6-8-12(9-7-11)21-14-5-3-2-4-13(14)17/h2-9,19H,10H2,1H3,(H,18,20). The van der Waals surface area contributed by atoms with Gasteiger partial charge in [0.2, 0.25) is 5.91 Å². The van der Waals surface area contributed by atoms with Crippen LogP contribution in [-0.4, -0.2) is 5.91 Å². The quantitative estimate of drug-likeness (QED) is 0.914. The van der Waals surface area contributed by atoms with Crippen molar-refractivity contribution in [2.75, 3.05) is 0 Å². The molecule has 1 unspecified atom stereocenters. The van der Waals surface area contributed by atoms with Crippen molar-refractivity contribution in [3.8, 4) is 11.5 Å². The van der Waals surface area contributed by atoms with Crippen molar-refractivity contribution in [3.05, 3.63) is 59.1 Å². The van der Waals surface area contributed by atoms with Crippen molar-refractivity contribution in [1.29, 1.82) is 0 Å². The predicted octanol–water partition coefficient (Wildman–Crippen LogP) is 3.37. The molecule has 1 saturated heterocycles. The van der Waals surface area contributed by atoms with E-state index in [0.717, 1.165) is 5.56 Å². The number of carbonyl (C=O) groups is 1. The highest BCUT2D eigenvalue weighted by molar-refractivity contribution is 6.32. The van der Waals surface area contributed by atoms with Gasteiger partial charge in [-0.2, -0.15) is 0 Å². The summed E-state index contributed by atoms with van der Waals surface area (Å²) in [6.07, 6.45) is 0.414. The Morgan fingerprint density at radius 3 is 2.48 bits per heavy atom. The van der Waals surface area contributed by atoms with Gasteiger partial charge in [-0.1, -0.05) is 35.9 Å². The molecule has 1 heterocycles. The molecular formula is C16H15ClN2O2. The van der Waals surface area contributed by atoms with E-state index in [1.807, 2.05) is 49.4 Å². The fourth-order valence-corrected chi connectivity index (χ4v) is 2.51. The van der Waals surface area contributed by atoms with Gasteiger partial charge in [-0.05, 0) is 36.8 Å². The lowest BCUT2D eigenvalue weighted by molar-refractivity contribution is -0.119. The number of hydrogen-bond acceptors (Lipinski definition) is 3. The Labute approximate surface area is 128 Å². The van der Waals surface area contributed by atoms with Gasteiger partial charge in [0.15, 0.2) is 0 Å². The highest BCUT2D eigenvalue weighted by Crippen LogP contribution is 2.32. The van der Waals surface area contributed by atoms with Gasteiger partial charge in [0.05, 0.1) is 17.0 Å². The molecule has 4 nitrogen and oxygen atoms in total. The molecular weight excluding hydrogens is 288 g/mol. The molecule has 1 aliphatic rings. The molecule has 108 valence electrons. The number of ether oxygens (including phenoxy) is 1. The second kappa shape index (κ2) is 5.39. The lowest BCUT2D eigenvalue weighted by Gasteiger charge is -2.22. The van der Waals surface area contributed by atoms with Crippen molar-refractivity contribution >= 4 is 17.5 Å².